The molecule has 7 nitrogen and oxygen atoms in total. The van der Waals surface area contributed by atoms with Gasteiger partial charge in [0.15, 0.2) is 0 Å². The number of benzene rings is 2. The predicted molar refractivity (Wildman–Crippen MR) is 152 cm³/mol. The van der Waals surface area contributed by atoms with Crippen molar-refractivity contribution in [2.24, 2.45) is 0 Å². The van der Waals surface area contributed by atoms with Crippen molar-refractivity contribution in [3.8, 4) is 33.8 Å². The van der Waals surface area contributed by atoms with E-state index in [4.69, 9.17) is 0 Å². The summed E-state index contributed by atoms with van der Waals surface area (Å²) in [7, 11) is 0. The first-order chi connectivity index (χ1) is 18.7. The van der Waals surface area contributed by atoms with Gasteiger partial charge in [-0.2, -0.15) is 16.4 Å². The summed E-state index contributed by atoms with van der Waals surface area (Å²) in [6.07, 6.45) is 5.27. The fourth-order valence-corrected chi connectivity index (χ4v) is 5.31. The van der Waals surface area contributed by atoms with Crippen molar-refractivity contribution in [1.82, 2.24) is 25.1 Å². The van der Waals surface area contributed by atoms with E-state index < -0.39 is 0 Å². The van der Waals surface area contributed by atoms with Crippen LogP contribution in [0.5, 0.6) is 0 Å². The van der Waals surface area contributed by atoms with Gasteiger partial charge >= 0.3 is 0 Å². The number of carbonyl (C=O) groups is 1. The number of hydrogen-bond donors (Lipinski definition) is 3. The number of amides is 1. The molecule has 1 amide bonds. The molecule has 8 heteroatoms. The van der Waals surface area contributed by atoms with Crippen LogP contribution in [0.1, 0.15) is 10.4 Å². The second-order valence-corrected chi connectivity index (χ2v) is 9.71. The van der Waals surface area contributed by atoms with Crippen molar-refractivity contribution < 1.29 is 4.79 Å². The normalized spacial score (nSPS) is 11.3. The van der Waals surface area contributed by atoms with E-state index in [1.807, 2.05) is 48.7 Å². The minimum atomic E-state index is -0.174. The van der Waals surface area contributed by atoms with Crippen molar-refractivity contribution in [2.45, 2.75) is 0 Å². The van der Waals surface area contributed by atoms with Crippen LogP contribution in [0, 0.1) is 0 Å². The maximum atomic E-state index is 12.6. The summed E-state index contributed by atoms with van der Waals surface area (Å²) in [5.74, 6) is -0.174. The third-order valence-corrected chi connectivity index (χ3v) is 7.21. The predicted octanol–water partition coefficient (Wildman–Crippen LogP) is 7.15. The zero-order chi connectivity index (χ0) is 25.5. The van der Waals surface area contributed by atoms with Crippen molar-refractivity contribution in [3.05, 3.63) is 108 Å². The van der Waals surface area contributed by atoms with E-state index in [1.165, 1.54) is 0 Å². The van der Waals surface area contributed by atoms with Gasteiger partial charge in [0.1, 0.15) is 5.69 Å². The largest absolute Gasteiger partial charge is 0.353 e. The Labute approximate surface area is 221 Å². The molecule has 5 aromatic heterocycles. The fraction of sp³-hybridized carbons (Fsp3) is 0. The van der Waals surface area contributed by atoms with Crippen LogP contribution in [-0.4, -0.2) is 31.1 Å². The minimum Gasteiger partial charge on any atom is -0.353 e. The van der Waals surface area contributed by atoms with Crippen LogP contribution in [0.3, 0.4) is 0 Å². The number of carbonyl (C=O) groups excluding carboxylic acids is 1. The monoisotopic (exact) mass is 512 g/mol. The molecule has 7 aromatic rings. The highest BCUT2D eigenvalue weighted by atomic mass is 32.1. The van der Waals surface area contributed by atoms with Gasteiger partial charge < -0.3 is 10.3 Å². The van der Waals surface area contributed by atoms with E-state index in [-0.39, 0.29) is 5.91 Å². The van der Waals surface area contributed by atoms with E-state index in [0.29, 0.717) is 11.3 Å². The van der Waals surface area contributed by atoms with Gasteiger partial charge in [-0.25, -0.2) is 0 Å². The molecule has 7 rings (SSSR count). The molecule has 0 aliphatic heterocycles. The molecule has 0 radical (unpaired) electrons. The molecule has 0 unspecified atom stereocenters. The fourth-order valence-electron chi connectivity index (χ4n) is 4.67. The third kappa shape index (κ3) is 3.93. The van der Waals surface area contributed by atoms with Gasteiger partial charge in [-0.3, -0.25) is 19.9 Å². The van der Waals surface area contributed by atoms with Gasteiger partial charge in [0.05, 0.1) is 28.8 Å². The number of nitrogens with one attached hydrogen (secondary N) is 3. The third-order valence-electron chi connectivity index (χ3n) is 6.53. The molecule has 0 aliphatic rings. The maximum absolute atomic E-state index is 12.6. The lowest BCUT2D eigenvalue weighted by Gasteiger charge is -2.08. The van der Waals surface area contributed by atoms with Crippen molar-refractivity contribution in [1.29, 1.82) is 0 Å². The van der Waals surface area contributed by atoms with Gasteiger partial charge in [-0.15, -0.1) is 0 Å². The lowest BCUT2D eigenvalue weighted by Crippen LogP contribution is -2.11. The second-order valence-electron chi connectivity index (χ2n) is 8.93. The molecule has 0 fully saturated rings. The number of nitrogens with zero attached hydrogens (tertiary/aromatic N) is 3. The van der Waals surface area contributed by atoms with Gasteiger partial charge in [-0.1, -0.05) is 24.3 Å². The summed E-state index contributed by atoms with van der Waals surface area (Å²) in [6, 6.07) is 23.4. The highest BCUT2D eigenvalue weighted by Gasteiger charge is 2.15. The van der Waals surface area contributed by atoms with Crippen molar-refractivity contribution >= 4 is 44.7 Å². The number of pyridine rings is 2. The quantitative estimate of drug-likeness (QED) is 0.228. The van der Waals surface area contributed by atoms with E-state index in [1.54, 1.807) is 35.9 Å². The Balaban J connectivity index is 1.25. The number of thiophene rings is 1. The molecule has 5 heterocycles. The molecular formula is C30H20N6OS. The number of H-pyrrole nitrogens is 2. The van der Waals surface area contributed by atoms with Gasteiger partial charge in [0, 0.05) is 50.8 Å². The highest BCUT2D eigenvalue weighted by molar-refractivity contribution is 7.08. The lowest BCUT2D eigenvalue weighted by molar-refractivity contribution is 0.102. The molecule has 0 atom stereocenters. The minimum absolute atomic E-state index is 0.174. The lowest BCUT2D eigenvalue weighted by atomic mass is 10.0. The Morgan fingerprint density at radius 2 is 1.71 bits per heavy atom. The first kappa shape index (κ1) is 22.1. The SMILES string of the molecule is O=C(Nc1cncc(-c2ccc3[nH]nc(-c4cc5c(-c6ccsc6)nccc5[nH]4)c3c2)c1)c1ccccc1. The van der Waals surface area contributed by atoms with Gasteiger partial charge in [0.2, 0.25) is 0 Å². The molecule has 182 valence electrons. The van der Waals surface area contributed by atoms with Crippen molar-refractivity contribution in [3.63, 3.8) is 0 Å². The van der Waals surface area contributed by atoms with E-state index in [9.17, 15) is 4.79 Å². The van der Waals surface area contributed by atoms with Crippen LogP contribution in [0.25, 0.3) is 55.6 Å². The molecule has 2 aromatic carbocycles. The Morgan fingerprint density at radius 3 is 2.58 bits per heavy atom. The Bertz CT molecular complexity index is 1920. The standard InChI is InChI=1S/C30H20N6OS/c37-30(18-4-2-1-3-5-18)33-22-12-21(15-31-16-22)19-6-7-26-23(13-19)29(36-35-26)27-14-24-25(34-27)8-10-32-28(24)20-9-11-38-17-20/h1-17,34H,(H,33,37)(H,35,36). The highest BCUT2D eigenvalue weighted by Crippen LogP contribution is 2.35. The molecule has 0 aliphatic carbocycles. The van der Waals surface area contributed by atoms with E-state index in [2.05, 4.69) is 59.4 Å². The zero-order valence-corrected chi connectivity index (χ0v) is 20.8. The van der Waals surface area contributed by atoms with E-state index in [0.717, 1.165) is 55.6 Å². The zero-order valence-electron chi connectivity index (χ0n) is 20.0. The Hall–Kier alpha value is -5.08. The first-order valence-electron chi connectivity index (χ1n) is 12.0. The molecule has 0 bridgehead atoms. The molecular weight excluding hydrogens is 492 g/mol. The summed E-state index contributed by atoms with van der Waals surface area (Å²) < 4.78 is 0. The molecule has 0 saturated heterocycles. The number of aromatic nitrogens is 5. The number of fused-ring (bicyclic) bond motifs is 2. The summed E-state index contributed by atoms with van der Waals surface area (Å²) in [5, 5.41) is 16.9. The maximum Gasteiger partial charge on any atom is 0.255 e. The summed E-state index contributed by atoms with van der Waals surface area (Å²) in [5.41, 5.74) is 8.83. The average Bonchev–Trinajstić information content (AvgIpc) is 3.73. The van der Waals surface area contributed by atoms with Crippen LogP contribution in [0.15, 0.2) is 102 Å². The Morgan fingerprint density at radius 1 is 0.816 bits per heavy atom. The van der Waals surface area contributed by atoms with Crippen LogP contribution >= 0.6 is 11.3 Å². The number of hydrogen-bond acceptors (Lipinski definition) is 5. The van der Waals surface area contributed by atoms with Crippen LogP contribution < -0.4 is 5.32 Å². The molecule has 3 N–H and O–H groups in total. The molecule has 0 spiro atoms. The Kier molecular flexibility index (Phi) is 5.30. The molecule has 0 saturated carbocycles. The van der Waals surface area contributed by atoms with Crippen molar-refractivity contribution in [2.75, 3.05) is 5.32 Å². The number of rotatable bonds is 5. The number of anilines is 1. The van der Waals surface area contributed by atoms with Gasteiger partial charge in [0.25, 0.3) is 5.91 Å². The number of aromatic amines is 2. The van der Waals surface area contributed by atoms with Crippen LogP contribution in [-0.2, 0) is 0 Å². The van der Waals surface area contributed by atoms with Crippen LogP contribution in [0.2, 0.25) is 0 Å². The smallest absolute Gasteiger partial charge is 0.255 e. The average molecular weight is 513 g/mol. The van der Waals surface area contributed by atoms with E-state index >= 15 is 0 Å². The molecule has 38 heavy (non-hydrogen) atoms. The van der Waals surface area contributed by atoms with Gasteiger partial charge in [-0.05, 0) is 59.5 Å². The second kappa shape index (κ2) is 9.10. The van der Waals surface area contributed by atoms with Crippen LogP contribution in [0.4, 0.5) is 5.69 Å². The summed E-state index contributed by atoms with van der Waals surface area (Å²) >= 11 is 1.66. The first-order valence-corrected chi connectivity index (χ1v) is 13.0. The topological polar surface area (TPSA) is 99.3 Å². The summed E-state index contributed by atoms with van der Waals surface area (Å²) in [4.78, 5) is 25.1. The summed E-state index contributed by atoms with van der Waals surface area (Å²) in [6.45, 7) is 0.